The van der Waals surface area contributed by atoms with Crippen LogP contribution in [-0.4, -0.2) is 34.0 Å². The highest BCUT2D eigenvalue weighted by Gasteiger charge is 2.25. The van der Waals surface area contributed by atoms with E-state index in [0.717, 1.165) is 24.4 Å². The van der Waals surface area contributed by atoms with Crippen molar-refractivity contribution in [1.82, 2.24) is 9.88 Å². The zero-order valence-corrected chi connectivity index (χ0v) is 12.7. The molecule has 0 amide bonds. The molecule has 2 heterocycles. The van der Waals surface area contributed by atoms with Gasteiger partial charge in [-0.3, -0.25) is 9.69 Å². The monoisotopic (exact) mass is 300 g/mol. The molecule has 5 heteroatoms. The van der Waals surface area contributed by atoms with E-state index >= 15 is 0 Å². The summed E-state index contributed by atoms with van der Waals surface area (Å²) in [6.07, 6.45) is 3.14. The summed E-state index contributed by atoms with van der Waals surface area (Å²) in [4.78, 5) is 17.5. The summed E-state index contributed by atoms with van der Waals surface area (Å²) in [5.74, 6) is 0.570. The van der Waals surface area contributed by atoms with Gasteiger partial charge in [-0.25, -0.2) is 4.98 Å². The van der Waals surface area contributed by atoms with E-state index in [4.69, 9.17) is 9.52 Å². The molecule has 5 nitrogen and oxygen atoms in total. The van der Waals surface area contributed by atoms with E-state index in [2.05, 4.69) is 16.8 Å². The maximum atomic E-state index is 11.0. The number of benzene rings is 1. The highest BCUT2D eigenvalue weighted by molar-refractivity contribution is 5.70. The van der Waals surface area contributed by atoms with Crippen molar-refractivity contribution in [1.29, 1.82) is 0 Å². The first-order valence-electron chi connectivity index (χ1n) is 7.59. The van der Waals surface area contributed by atoms with Crippen LogP contribution in [0.1, 0.15) is 24.3 Å². The second kappa shape index (κ2) is 6.32. The van der Waals surface area contributed by atoms with Gasteiger partial charge >= 0.3 is 5.97 Å². The van der Waals surface area contributed by atoms with Crippen molar-refractivity contribution in [3.05, 3.63) is 41.9 Å². The fourth-order valence-corrected chi connectivity index (χ4v) is 2.76. The summed E-state index contributed by atoms with van der Waals surface area (Å²) in [5.41, 5.74) is 2.23. The van der Waals surface area contributed by atoms with Crippen molar-refractivity contribution in [3.63, 3.8) is 0 Å². The van der Waals surface area contributed by atoms with E-state index in [0.29, 0.717) is 25.3 Å². The van der Waals surface area contributed by atoms with Crippen LogP contribution in [0, 0.1) is 12.8 Å². The van der Waals surface area contributed by atoms with E-state index in [-0.39, 0.29) is 5.92 Å². The Kier molecular flexibility index (Phi) is 4.24. The lowest BCUT2D eigenvalue weighted by Crippen LogP contribution is -2.35. The van der Waals surface area contributed by atoms with Crippen LogP contribution in [0.3, 0.4) is 0 Å². The summed E-state index contributed by atoms with van der Waals surface area (Å²) >= 11 is 0. The molecule has 1 aliphatic rings. The van der Waals surface area contributed by atoms with Gasteiger partial charge in [0.25, 0.3) is 0 Å². The van der Waals surface area contributed by atoms with Crippen LogP contribution < -0.4 is 0 Å². The van der Waals surface area contributed by atoms with Crippen LogP contribution in [0.2, 0.25) is 0 Å². The zero-order chi connectivity index (χ0) is 15.5. The lowest BCUT2D eigenvalue weighted by Gasteiger charge is -2.28. The fourth-order valence-electron chi connectivity index (χ4n) is 2.76. The van der Waals surface area contributed by atoms with Crippen molar-refractivity contribution in [2.45, 2.75) is 26.3 Å². The quantitative estimate of drug-likeness (QED) is 0.940. The molecule has 1 aromatic carbocycles. The molecule has 0 atom stereocenters. The second-order valence-corrected chi connectivity index (χ2v) is 5.87. The minimum absolute atomic E-state index is 0.205. The number of aromatic nitrogens is 1. The summed E-state index contributed by atoms with van der Waals surface area (Å²) in [5, 5.41) is 9.01. The first-order chi connectivity index (χ1) is 10.6. The molecule has 22 heavy (non-hydrogen) atoms. The van der Waals surface area contributed by atoms with E-state index in [1.54, 1.807) is 6.20 Å². The van der Waals surface area contributed by atoms with Gasteiger partial charge in [-0.1, -0.05) is 29.8 Å². The number of piperidine rings is 1. The topological polar surface area (TPSA) is 66.6 Å². The molecule has 0 saturated carbocycles. The standard InChI is InChI=1S/C17H20N2O3/c1-12-2-4-13(5-3-12)15-10-18-16(22-15)11-19-8-6-14(7-9-19)17(20)21/h2-5,10,14H,6-9,11H2,1H3,(H,20,21). The highest BCUT2D eigenvalue weighted by atomic mass is 16.4. The van der Waals surface area contributed by atoms with Crippen LogP contribution in [0.5, 0.6) is 0 Å². The number of likely N-dealkylation sites (tertiary alicyclic amines) is 1. The average molecular weight is 300 g/mol. The zero-order valence-electron chi connectivity index (χ0n) is 12.7. The Bertz CT molecular complexity index is 640. The lowest BCUT2D eigenvalue weighted by molar-refractivity contribution is -0.143. The maximum Gasteiger partial charge on any atom is 0.306 e. The first kappa shape index (κ1) is 14.8. The van der Waals surface area contributed by atoms with E-state index in [9.17, 15) is 4.79 Å². The van der Waals surface area contributed by atoms with Crippen LogP contribution >= 0.6 is 0 Å². The molecule has 0 radical (unpaired) electrons. The third-order valence-electron chi connectivity index (χ3n) is 4.19. The Morgan fingerprint density at radius 1 is 1.32 bits per heavy atom. The van der Waals surface area contributed by atoms with Crippen molar-refractivity contribution >= 4 is 5.97 Å². The third-order valence-corrected chi connectivity index (χ3v) is 4.19. The molecule has 1 saturated heterocycles. The molecular formula is C17H20N2O3. The molecule has 116 valence electrons. The van der Waals surface area contributed by atoms with E-state index in [1.807, 2.05) is 24.3 Å². The maximum absolute atomic E-state index is 11.0. The Balaban J connectivity index is 1.60. The summed E-state index contributed by atoms with van der Waals surface area (Å²) in [6.45, 7) is 4.24. The number of carboxylic acids is 1. The van der Waals surface area contributed by atoms with Crippen LogP contribution in [-0.2, 0) is 11.3 Å². The van der Waals surface area contributed by atoms with Gasteiger partial charge in [-0.15, -0.1) is 0 Å². The van der Waals surface area contributed by atoms with E-state index in [1.165, 1.54) is 5.56 Å². The van der Waals surface area contributed by atoms with Crippen molar-refractivity contribution in [2.75, 3.05) is 13.1 Å². The van der Waals surface area contributed by atoms with Gasteiger partial charge < -0.3 is 9.52 Å². The average Bonchev–Trinajstić information content (AvgIpc) is 2.97. The van der Waals surface area contributed by atoms with Gasteiger partial charge in [0.2, 0.25) is 5.89 Å². The molecule has 3 rings (SSSR count). The number of oxazole rings is 1. The number of hydrogen-bond donors (Lipinski definition) is 1. The number of carboxylic acid groups (broad SMARTS) is 1. The lowest BCUT2D eigenvalue weighted by atomic mass is 9.97. The van der Waals surface area contributed by atoms with Gasteiger partial charge in [0.1, 0.15) is 0 Å². The highest BCUT2D eigenvalue weighted by Crippen LogP contribution is 2.23. The molecule has 0 aliphatic carbocycles. The molecule has 1 aromatic heterocycles. The Labute approximate surface area is 129 Å². The number of rotatable bonds is 4. The SMILES string of the molecule is Cc1ccc(-c2cnc(CN3CCC(C(=O)O)CC3)o2)cc1. The largest absolute Gasteiger partial charge is 0.481 e. The minimum Gasteiger partial charge on any atom is -0.481 e. The Hall–Kier alpha value is -2.14. The number of aryl methyl sites for hydroxylation is 1. The number of nitrogens with zero attached hydrogens (tertiary/aromatic N) is 2. The molecule has 1 N–H and O–H groups in total. The van der Waals surface area contributed by atoms with Gasteiger partial charge in [0.15, 0.2) is 5.76 Å². The van der Waals surface area contributed by atoms with Crippen molar-refractivity contribution in [2.24, 2.45) is 5.92 Å². The summed E-state index contributed by atoms with van der Waals surface area (Å²) in [7, 11) is 0. The Morgan fingerprint density at radius 3 is 2.64 bits per heavy atom. The van der Waals surface area contributed by atoms with Crippen LogP contribution in [0.15, 0.2) is 34.9 Å². The molecule has 1 aliphatic heterocycles. The van der Waals surface area contributed by atoms with Gasteiger partial charge in [0.05, 0.1) is 18.7 Å². The fraction of sp³-hybridized carbons (Fsp3) is 0.412. The molecule has 1 fully saturated rings. The molecule has 2 aromatic rings. The number of aliphatic carboxylic acids is 1. The second-order valence-electron chi connectivity index (χ2n) is 5.87. The molecule has 0 spiro atoms. The van der Waals surface area contributed by atoms with Crippen molar-refractivity contribution < 1.29 is 14.3 Å². The van der Waals surface area contributed by atoms with Gasteiger partial charge in [-0.05, 0) is 32.9 Å². The summed E-state index contributed by atoms with van der Waals surface area (Å²) < 4.78 is 5.82. The number of hydrogen-bond acceptors (Lipinski definition) is 4. The van der Waals surface area contributed by atoms with E-state index < -0.39 is 5.97 Å². The van der Waals surface area contributed by atoms with Crippen molar-refractivity contribution in [3.8, 4) is 11.3 Å². The number of carbonyl (C=O) groups is 1. The minimum atomic E-state index is -0.683. The normalized spacial score (nSPS) is 16.8. The molecule has 0 unspecified atom stereocenters. The summed E-state index contributed by atoms with van der Waals surface area (Å²) in [6, 6.07) is 8.15. The molecular weight excluding hydrogens is 280 g/mol. The van der Waals surface area contributed by atoms with Gasteiger partial charge in [-0.2, -0.15) is 0 Å². The molecule has 0 bridgehead atoms. The van der Waals surface area contributed by atoms with Crippen LogP contribution in [0.4, 0.5) is 0 Å². The predicted octanol–water partition coefficient (Wildman–Crippen LogP) is 2.95. The third kappa shape index (κ3) is 3.36. The van der Waals surface area contributed by atoms with Gasteiger partial charge in [0, 0.05) is 5.56 Å². The van der Waals surface area contributed by atoms with Crippen LogP contribution in [0.25, 0.3) is 11.3 Å². The Morgan fingerprint density at radius 2 is 2.00 bits per heavy atom. The predicted molar refractivity (Wildman–Crippen MR) is 82.3 cm³/mol. The smallest absolute Gasteiger partial charge is 0.306 e. The first-order valence-corrected chi connectivity index (χ1v) is 7.59.